The maximum atomic E-state index is 11.5. The number of rotatable bonds is 2. The predicted octanol–water partition coefficient (Wildman–Crippen LogP) is 1.37. The monoisotopic (exact) mass is 220 g/mol. The maximum Gasteiger partial charge on any atom is 0.309 e. The molecule has 1 aliphatic heterocycles. The number of Topliss-reactive ketones (excluding diaryl/α,β-unsaturated/α-hetero) is 1. The number of benzene rings is 1. The molecule has 2 rings (SSSR count). The van der Waals surface area contributed by atoms with Crippen LogP contribution in [-0.2, 0) is 16.0 Å². The van der Waals surface area contributed by atoms with E-state index in [2.05, 4.69) is 4.74 Å². The van der Waals surface area contributed by atoms with Crippen molar-refractivity contribution in [1.29, 1.82) is 0 Å². The first-order valence-electron chi connectivity index (χ1n) is 5.06. The van der Waals surface area contributed by atoms with Gasteiger partial charge in [0.15, 0.2) is 5.78 Å². The molecular weight excluding hydrogens is 208 g/mol. The van der Waals surface area contributed by atoms with Gasteiger partial charge in [0.2, 0.25) is 0 Å². The molecule has 0 aliphatic carbocycles. The van der Waals surface area contributed by atoms with Gasteiger partial charge < -0.3 is 9.47 Å². The van der Waals surface area contributed by atoms with Crippen LogP contribution in [0, 0.1) is 0 Å². The van der Waals surface area contributed by atoms with Crippen molar-refractivity contribution in [3.05, 3.63) is 29.3 Å². The molecule has 0 fully saturated rings. The van der Waals surface area contributed by atoms with Gasteiger partial charge in [-0.3, -0.25) is 9.59 Å². The van der Waals surface area contributed by atoms with Gasteiger partial charge in [-0.15, -0.1) is 0 Å². The van der Waals surface area contributed by atoms with Crippen molar-refractivity contribution in [3.63, 3.8) is 0 Å². The van der Waals surface area contributed by atoms with Crippen molar-refractivity contribution >= 4 is 11.8 Å². The Morgan fingerprint density at radius 1 is 1.50 bits per heavy atom. The molecule has 0 amide bonds. The molecule has 0 saturated carbocycles. The number of carbonyl (C=O) groups is 2. The molecule has 0 bridgehead atoms. The minimum atomic E-state index is -0.304. The van der Waals surface area contributed by atoms with Gasteiger partial charge in [0.1, 0.15) is 5.75 Å². The third-order valence-electron chi connectivity index (χ3n) is 2.51. The average Bonchev–Trinajstić information content (AvgIpc) is 2.29. The quantitative estimate of drug-likeness (QED) is 0.706. The molecule has 0 radical (unpaired) electrons. The fourth-order valence-corrected chi connectivity index (χ4v) is 1.65. The van der Waals surface area contributed by atoms with E-state index in [0.717, 1.165) is 5.56 Å². The van der Waals surface area contributed by atoms with Crippen molar-refractivity contribution in [2.45, 2.75) is 12.8 Å². The van der Waals surface area contributed by atoms with Crippen LogP contribution < -0.4 is 4.74 Å². The van der Waals surface area contributed by atoms with Crippen LogP contribution in [0.4, 0.5) is 0 Å². The molecule has 1 aromatic rings. The first-order chi connectivity index (χ1) is 7.70. The van der Waals surface area contributed by atoms with E-state index < -0.39 is 0 Å². The molecule has 84 valence electrons. The normalized spacial score (nSPS) is 13.9. The molecular formula is C12H12O4. The lowest BCUT2D eigenvalue weighted by atomic mass is 10.0. The van der Waals surface area contributed by atoms with Crippen LogP contribution in [0.5, 0.6) is 5.75 Å². The highest BCUT2D eigenvalue weighted by Crippen LogP contribution is 2.26. The molecule has 0 N–H and O–H groups in total. The first-order valence-corrected chi connectivity index (χ1v) is 5.06. The fourth-order valence-electron chi connectivity index (χ4n) is 1.65. The van der Waals surface area contributed by atoms with E-state index in [1.54, 1.807) is 18.2 Å². The van der Waals surface area contributed by atoms with Crippen LogP contribution >= 0.6 is 0 Å². The third-order valence-corrected chi connectivity index (χ3v) is 2.51. The number of carbonyl (C=O) groups excluding carboxylic acids is 2. The van der Waals surface area contributed by atoms with E-state index in [1.165, 1.54) is 7.11 Å². The van der Waals surface area contributed by atoms with Crippen LogP contribution in [0.25, 0.3) is 0 Å². The number of ether oxygens (including phenoxy) is 2. The Morgan fingerprint density at radius 3 is 3.06 bits per heavy atom. The Labute approximate surface area is 93.2 Å². The lowest BCUT2D eigenvalue weighted by Gasteiger charge is -2.16. The standard InChI is InChI=1S/C12H12O4/c1-15-12(14)7-8-2-3-9-10(13)4-5-16-11(9)6-8/h2-3,6H,4-5,7H2,1H3. The molecule has 0 atom stereocenters. The summed E-state index contributed by atoms with van der Waals surface area (Å²) in [7, 11) is 1.35. The summed E-state index contributed by atoms with van der Waals surface area (Å²) in [6.45, 7) is 0.410. The molecule has 0 unspecified atom stereocenters. The Hall–Kier alpha value is -1.84. The van der Waals surface area contributed by atoms with Crippen LogP contribution in [0.15, 0.2) is 18.2 Å². The molecule has 0 saturated heterocycles. The van der Waals surface area contributed by atoms with Crippen molar-refractivity contribution < 1.29 is 19.1 Å². The van der Waals surface area contributed by atoms with Gasteiger partial charge in [0.05, 0.1) is 25.7 Å². The second kappa shape index (κ2) is 4.35. The minimum absolute atomic E-state index is 0.0888. The van der Waals surface area contributed by atoms with Crippen molar-refractivity contribution in [1.82, 2.24) is 0 Å². The molecule has 1 aromatic carbocycles. The zero-order chi connectivity index (χ0) is 11.5. The van der Waals surface area contributed by atoms with Gasteiger partial charge in [0.25, 0.3) is 0 Å². The van der Waals surface area contributed by atoms with Gasteiger partial charge in [-0.25, -0.2) is 0 Å². The van der Waals surface area contributed by atoms with E-state index in [9.17, 15) is 9.59 Å². The molecule has 4 nitrogen and oxygen atoms in total. The largest absolute Gasteiger partial charge is 0.492 e. The topological polar surface area (TPSA) is 52.6 Å². The van der Waals surface area contributed by atoms with Gasteiger partial charge in [0, 0.05) is 6.42 Å². The molecule has 0 aromatic heterocycles. The van der Waals surface area contributed by atoms with Crippen LogP contribution in [0.1, 0.15) is 22.3 Å². The highest BCUT2D eigenvalue weighted by Gasteiger charge is 2.18. The number of ketones is 1. The smallest absolute Gasteiger partial charge is 0.309 e. The molecule has 16 heavy (non-hydrogen) atoms. The lowest BCUT2D eigenvalue weighted by molar-refractivity contribution is -0.139. The summed E-state index contributed by atoms with van der Waals surface area (Å²) in [4.78, 5) is 22.6. The molecule has 1 aliphatic rings. The highest BCUT2D eigenvalue weighted by atomic mass is 16.5. The highest BCUT2D eigenvalue weighted by molar-refractivity contribution is 5.99. The Morgan fingerprint density at radius 2 is 2.31 bits per heavy atom. The number of hydrogen-bond acceptors (Lipinski definition) is 4. The van der Waals surface area contributed by atoms with E-state index >= 15 is 0 Å². The van der Waals surface area contributed by atoms with Crippen LogP contribution in [0.2, 0.25) is 0 Å². The van der Waals surface area contributed by atoms with Crippen molar-refractivity contribution in [2.24, 2.45) is 0 Å². The Balaban J connectivity index is 2.25. The molecule has 4 heteroatoms. The average molecular weight is 220 g/mol. The number of esters is 1. The Kier molecular flexibility index (Phi) is 2.90. The van der Waals surface area contributed by atoms with E-state index in [-0.39, 0.29) is 18.2 Å². The second-order valence-electron chi connectivity index (χ2n) is 3.61. The summed E-state index contributed by atoms with van der Waals surface area (Å²) < 4.78 is 9.95. The second-order valence-corrected chi connectivity index (χ2v) is 3.61. The van der Waals surface area contributed by atoms with Gasteiger partial charge in [-0.1, -0.05) is 6.07 Å². The van der Waals surface area contributed by atoms with Crippen molar-refractivity contribution in [2.75, 3.05) is 13.7 Å². The van der Waals surface area contributed by atoms with Crippen LogP contribution in [0.3, 0.4) is 0 Å². The third kappa shape index (κ3) is 2.05. The van der Waals surface area contributed by atoms with Gasteiger partial charge in [-0.2, -0.15) is 0 Å². The zero-order valence-electron chi connectivity index (χ0n) is 8.99. The lowest BCUT2D eigenvalue weighted by Crippen LogP contribution is -2.15. The maximum absolute atomic E-state index is 11.5. The fraction of sp³-hybridized carbons (Fsp3) is 0.333. The van der Waals surface area contributed by atoms with E-state index in [1.807, 2.05) is 0 Å². The SMILES string of the molecule is COC(=O)Cc1ccc2c(c1)OCCC2=O. The zero-order valence-corrected chi connectivity index (χ0v) is 8.99. The van der Waals surface area contributed by atoms with Gasteiger partial charge in [-0.05, 0) is 17.7 Å². The van der Waals surface area contributed by atoms with Crippen molar-refractivity contribution in [3.8, 4) is 5.75 Å². The summed E-state index contributed by atoms with van der Waals surface area (Å²) >= 11 is 0. The number of methoxy groups -OCH3 is 1. The predicted molar refractivity (Wildman–Crippen MR) is 56.6 cm³/mol. The van der Waals surface area contributed by atoms with E-state index in [4.69, 9.17) is 4.74 Å². The summed E-state index contributed by atoms with van der Waals surface area (Å²) in [6, 6.07) is 5.18. The number of fused-ring (bicyclic) bond motifs is 1. The molecule has 0 spiro atoms. The minimum Gasteiger partial charge on any atom is -0.492 e. The summed E-state index contributed by atoms with van der Waals surface area (Å²) in [5.74, 6) is 0.352. The summed E-state index contributed by atoms with van der Waals surface area (Å²) in [5.41, 5.74) is 1.39. The van der Waals surface area contributed by atoms with E-state index in [0.29, 0.717) is 24.3 Å². The Bertz CT molecular complexity index is 437. The molecule has 1 heterocycles. The van der Waals surface area contributed by atoms with Crippen LogP contribution in [-0.4, -0.2) is 25.5 Å². The summed E-state index contributed by atoms with van der Waals surface area (Å²) in [5, 5.41) is 0. The summed E-state index contributed by atoms with van der Waals surface area (Å²) in [6.07, 6.45) is 0.616. The van der Waals surface area contributed by atoms with Gasteiger partial charge >= 0.3 is 5.97 Å². The first kappa shape index (κ1) is 10.7. The number of hydrogen-bond donors (Lipinski definition) is 0.